The molecule has 33 heavy (non-hydrogen) atoms. The van der Waals surface area contributed by atoms with E-state index in [1.165, 1.54) is 16.8 Å². The lowest BCUT2D eigenvalue weighted by Gasteiger charge is -2.34. The minimum absolute atomic E-state index is 0.127. The molecule has 1 aliphatic heterocycles. The first-order valence-corrected chi connectivity index (χ1v) is 9.70. The Morgan fingerprint density at radius 1 is 1.03 bits per heavy atom. The van der Waals surface area contributed by atoms with Crippen LogP contribution in [0.4, 0.5) is 11.4 Å². The Morgan fingerprint density at radius 3 is 2.09 bits per heavy atom. The molecule has 0 aliphatic carbocycles. The van der Waals surface area contributed by atoms with Crippen LogP contribution in [0.2, 0.25) is 0 Å². The molecule has 2 amide bonds. The average molecular weight is 450 g/mol. The third-order valence-electron chi connectivity index (χ3n) is 4.96. The van der Waals surface area contributed by atoms with Crippen LogP contribution < -0.4 is 21.0 Å². The molecule has 1 aliphatic rings. The fourth-order valence-electron chi connectivity index (χ4n) is 3.35. The van der Waals surface area contributed by atoms with E-state index in [2.05, 4.69) is 30.0 Å². The lowest BCUT2D eigenvalue weighted by atomic mass is 10.1. The fourth-order valence-corrected chi connectivity index (χ4v) is 3.35. The summed E-state index contributed by atoms with van der Waals surface area (Å²) in [6, 6.07) is 13.4. The van der Waals surface area contributed by atoms with Gasteiger partial charge in [-0.1, -0.05) is 5.16 Å². The number of carbonyl (C=O) groups is 3. The molecule has 4 rings (SSSR count). The van der Waals surface area contributed by atoms with E-state index in [0.29, 0.717) is 28.3 Å². The van der Waals surface area contributed by atoms with Gasteiger partial charge in [0.15, 0.2) is 11.7 Å². The van der Waals surface area contributed by atoms with Gasteiger partial charge in [-0.05, 0) is 48.5 Å². The number of anilines is 2. The van der Waals surface area contributed by atoms with Crippen LogP contribution in [-0.2, 0) is 19.2 Å². The summed E-state index contributed by atoms with van der Waals surface area (Å²) < 4.78 is 4.49. The van der Waals surface area contributed by atoms with Crippen molar-refractivity contribution in [1.29, 1.82) is 0 Å². The maximum absolute atomic E-state index is 12.8. The van der Waals surface area contributed by atoms with E-state index in [1.807, 2.05) is 0 Å². The molecule has 1 fully saturated rings. The van der Waals surface area contributed by atoms with Gasteiger partial charge in [0, 0.05) is 29.5 Å². The number of nitrogens with one attached hydrogen (secondary N) is 2. The Balaban J connectivity index is 1.47. The lowest BCUT2D eigenvalue weighted by molar-refractivity contribution is -0.132. The number of hydrogen-bond acceptors (Lipinski definition) is 8. The molecule has 1 saturated heterocycles. The van der Waals surface area contributed by atoms with E-state index in [9.17, 15) is 19.2 Å². The highest BCUT2D eigenvalue weighted by atomic mass is 16.7. The molecular weight excluding hydrogens is 432 g/mol. The lowest BCUT2D eigenvalue weighted by Crippen LogP contribution is -2.54. The zero-order chi connectivity index (χ0) is 23.4. The van der Waals surface area contributed by atoms with Gasteiger partial charge in [0.25, 0.3) is 0 Å². The highest BCUT2D eigenvalue weighted by Crippen LogP contribution is 2.24. The Labute approximate surface area is 186 Å². The van der Waals surface area contributed by atoms with Crippen LogP contribution in [0.25, 0.3) is 11.4 Å². The first kappa shape index (κ1) is 21.5. The second-order valence-electron chi connectivity index (χ2n) is 6.89. The summed E-state index contributed by atoms with van der Waals surface area (Å²) in [4.78, 5) is 60.8. The smallest absolute Gasteiger partial charge is 0.345 e. The van der Waals surface area contributed by atoms with Crippen molar-refractivity contribution in [2.45, 2.75) is 0 Å². The molecule has 3 aromatic rings. The predicted molar refractivity (Wildman–Crippen MR) is 116 cm³/mol. The molecule has 168 valence electrons. The number of hydroxylamine groups is 1. The minimum atomic E-state index is -0.664. The number of H-pyrrole nitrogens is 1. The third-order valence-corrected chi connectivity index (χ3v) is 4.96. The molecule has 0 radical (unpaired) electrons. The van der Waals surface area contributed by atoms with Gasteiger partial charge in [0.2, 0.25) is 11.8 Å². The zero-order valence-corrected chi connectivity index (χ0v) is 17.3. The number of aliphatic imine (C=N–C) groups is 1. The van der Waals surface area contributed by atoms with Gasteiger partial charge in [0.05, 0.1) is 0 Å². The van der Waals surface area contributed by atoms with E-state index in [1.54, 1.807) is 48.5 Å². The summed E-state index contributed by atoms with van der Waals surface area (Å²) in [7, 11) is 1.53. The SMILES string of the molecule is CN=C(NOC=O)c1ccc(N2CC(=O)N(c3ccc(-c4noc(=O)[nH]4)cc3)CC2=O)cc1. The maximum atomic E-state index is 12.8. The summed E-state index contributed by atoms with van der Waals surface area (Å²) in [5, 5.41) is 3.62. The topological polar surface area (TPSA) is 150 Å². The number of hydrogen-bond donors (Lipinski definition) is 2. The molecular formula is C21H18N6O6. The molecule has 0 bridgehead atoms. The molecule has 12 heteroatoms. The number of rotatable bonds is 6. The quantitative estimate of drug-likeness (QED) is 0.238. The van der Waals surface area contributed by atoms with Gasteiger partial charge in [-0.25, -0.2) is 10.3 Å². The summed E-state index contributed by atoms with van der Waals surface area (Å²) in [6.45, 7) is -0.0130. The average Bonchev–Trinajstić information content (AvgIpc) is 3.27. The molecule has 1 aromatic heterocycles. The van der Waals surface area contributed by atoms with E-state index >= 15 is 0 Å². The van der Waals surface area contributed by atoms with Crippen LogP contribution in [0.5, 0.6) is 0 Å². The van der Waals surface area contributed by atoms with Gasteiger partial charge in [-0.2, -0.15) is 0 Å². The maximum Gasteiger partial charge on any atom is 0.439 e. The Bertz CT molecular complexity index is 1260. The Morgan fingerprint density at radius 2 is 1.61 bits per heavy atom. The molecule has 2 N–H and O–H groups in total. The van der Waals surface area contributed by atoms with Crippen molar-refractivity contribution in [1.82, 2.24) is 15.6 Å². The van der Waals surface area contributed by atoms with E-state index < -0.39 is 5.76 Å². The number of amides is 2. The van der Waals surface area contributed by atoms with Gasteiger partial charge in [-0.15, -0.1) is 0 Å². The molecule has 0 atom stereocenters. The summed E-state index contributed by atoms with van der Waals surface area (Å²) in [5.41, 5.74) is 4.73. The van der Waals surface area contributed by atoms with Crippen LogP contribution in [0.1, 0.15) is 5.56 Å². The van der Waals surface area contributed by atoms with Crippen molar-refractivity contribution in [2.24, 2.45) is 4.99 Å². The first-order valence-electron chi connectivity index (χ1n) is 9.70. The van der Waals surface area contributed by atoms with E-state index in [4.69, 9.17) is 0 Å². The third kappa shape index (κ3) is 4.49. The number of aromatic nitrogens is 2. The first-order chi connectivity index (χ1) is 16.0. The molecule has 0 unspecified atom stereocenters. The van der Waals surface area contributed by atoms with Gasteiger partial charge in [0.1, 0.15) is 13.1 Å². The van der Waals surface area contributed by atoms with Crippen molar-refractivity contribution in [3.8, 4) is 11.4 Å². The van der Waals surface area contributed by atoms with Gasteiger partial charge < -0.3 is 14.6 Å². The molecule has 12 nitrogen and oxygen atoms in total. The second-order valence-corrected chi connectivity index (χ2v) is 6.89. The van der Waals surface area contributed by atoms with Crippen molar-refractivity contribution in [3.05, 3.63) is 64.6 Å². The standard InChI is InChI=1S/C21H18N6O6/c1-22-19(24-32-12-28)13-2-6-15(7-3-13)26-10-18(30)27(11-17(26)29)16-8-4-14(5-9-16)20-23-21(31)33-25-20/h2-9,12H,10-11H2,1H3,(H,22,24)(H,23,25,31). The highest BCUT2D eigenvalue weighted by molar-refractivity contribution is 6.12. The van der Waals surface area contributed by atoms with Crippen molar-refractivity contribution >= 4 is 35.5 Å². The number of amidine groups is 1. The van der Waals surface area contributed by atoms with Gasteiger partial charge >= 0.3 is 12.2 Å². The normalized spacial score (nSPS) is 14.4. The Hall–Kier alpha value is -4.74. The minimum Gasteiger partial charge on any atom is -0.345 e. The molecule has 2 aromatic carbocycles. The van der Waals surface area contributed by atoms with Crippen LogP contribution in [0, 0.1) is 0 Å². The number of carbonyl (C=O) groups excluding carboxylic acids is 3. The zero-order valence-electron chi connectivity index (χ0n) is 17.3. The van der Waals surface area contributed by atoms with Crippen LogP contribution in [-0.4, -0.2) is 54.4 Å². The van der Waals surface area contributed by atoms with Crippen molar-refractivity contribution in [3.63, 3.8) is 0 Å². The van der Waals surface area contributed by atoms with Crippen LogP contribution >= 0.6 is 0 Å². The van der Waals surface area contributed by atoms with E-state index in [0.717, 1.165) is 0 Å². The van der Waals surface area contributed by atoms with Crippen molar-refractivity contribution in [2.75, 3.05) is 29.9 Å². The monoisotopic (exact) mass is 450 g/mol. The van der Waals surface area contributed by atoms with Gasteiger partial charge in [-0.3, -0.25) is 28.9 Å². The number of nitrogens with zero attached hydrogens (tertiary/aromatic N) is 4. The number of benzene rings is 2. The predicted octanol–water partition coefficient (Wildman–Crippen LogP) is 0.464. The number of piperazine rings is 1. The fraction of sp³-hybridized carbons (Fsp3) is 0.143. The number of aromatic amines is 1. The molecule has 2 heterocycles. The van der Waals surface area contributed by atoms with Crippen LogP contribution in [0.3, 0.4) is 0 Å². The second kappa shape index (κ2) is 9.18. The van der Waals surface area contributed by atoms with Crippen molar-refractivity contribution < 1.29 is 23.7 Å². The van der Waals surface area contributed by atoms with E-state index in [-0.39, 0.29) is 37.2 Å². The summed E-state index contributed by atoms with van der Waals surface area (Å²) in [5.74, 6) is -0.564. The molecule has 0 saturated carbocycles. The highest BCUT2D eigenvalue weighted by Gasteiger charge is 2.31. The molecule has 0 spiro atoms. The summed E-state index contributed by atoms with van der Waals surface area (Å²) >= 11 is 0. The summed E-state index contributed by atoms with van der Waals surface area (Å²) in [6.07, 6.45) is 0. The Kier molecular flexibility index (Phi) is 5.98. The largest absolute Gasteiger partial charge is 0.439 e. The van der Waals surface area contributed by atoms with Crippen LogP contribution in [0.15, 0.2) is 62.8 Å².